The third kappa shape index (κ3) is 9.72. The highest BCUT2D eigenvalue weighted by atomic mass is 16.4. The Hall–Kier alpha value is -3.92. The first-order valence-corrected chi connectivity index (χ1v) is 13.1. The lowest BCUT2D eigenvalue weighted by Crippen LogP contribution is -2.59. The number of benzene rings is 2. The lowest BCUT2D eigenvalue weighted by molar-refractivity contribution is -0.142. The molecule has 2 aromatic rings. The summed E-state index contributed by atoms with van der Waals surface area (Å²) >= 11 is 0. The van der Waals surface area contributed by atoms with Gasteiger partial charge in [0.05, 0.1) is 6.04 Å². The molecule has 5 atom stereocenters. The van der Waals surface area contributed by atoms with E-state index in [1.165, 1.54) is 12.1 Å². The van der Waals surface area contributed by atoms with Crippen molar-refractivity contribution in [3.63, 3.8) is 0 Å². The number of aliphatic carboxylic acids is 1. The van der Waals surface area contributed by atoms with Gasteiger partial charge in [0.2, 0.25) is 17.7 Å². The zero-order valence-corrected chi connectivity index (χ0v) is 22.9. The van der Waals surface area contributed by atoms with Gasteiger partial charge in [-0.2, -0.15) is 0 Å². The third-order valence-corrected chi connectivity index (χ3v) is 6.72. The minimum Gasteiger partial charge on any atom is -0.508 e. The molecule has 3 amide bonds. The first-order chi connectivity index (χ1) is 18.4. The number of carbonyl (C=O) groups is 4. The summed E-state index contributed by atoms with van der Waals surface area (Å²) in [5.74, 6) is -3.33. The topological polar surface area (TPSA) is 171 Å². The van der Waals surface area contributed by atoms with E-state index < -0.39 is 47.9 Å². The van der Waals surface area contributed by atoms with E-state index in [0.29, 0.717) is 12.0 Å². The molecule has 0 aliphatic heterocycles. The van der Waals surface area contributed by atoms with E-state index in [1.807, 2.05) is 13.0 Å². The molecular formula is C29H40N4O6. The number of phenolic OH excluding ortho intramolecular Hbond substituents is 1. The van der Waals surface area contributed by atoms with Crippen molar-refractivity contribution in [3.8, 4) is 5.75 Å². The molecule has 0 fully saturated rings. The average molecular weight is 541 g/mol. The van der Waals surface area contributed by atoms with E-state index in [0.717, 1.165) is 5.56 Å². The Morgan fingerprint density at radius 1 is 0.769 bits per heavy atom. The summed E-state index contributed by atoms with van der Waals surface area (Å²) in [6, 6.07) is 10.9. The van der Waals surface area contributed by atoms with E-state index in [4.69, 9.17) is 5.73 Å². The SMILES string of the molecule is CCC(C)C(NC(=O)C(N)C(C)C)C(=O)NC(Cc1ccc(O)cc1)C(=O)NC(Cc1ccccc1)C(=O)O. The number of nitrogens with two attached hydrogens (primary N) is 1. The van der Waals surface area contributed by atoms with Crippen LogP contribution in [0.25, 0.3) is 0 Å². The van der Waals surface area contributed by atoms with Crippen molar-refractivity contribution in [2.45, 2.75) is 71.1 Å². The van der Waals surface area contributed by atoms with Crippen molar-refractivity contribution in [1.82, 2.24) is 16.0 Å². The lowest BCUT2D eigenvalue weighted by Gasteiger charge is -2.28. The molecule has 10 nitrogen and oxygen atoms in total. The van der Waals surface area contributed by atoms with E-state index in [9.17, 15) is 29.4 Å². The normalized spacial score (nSPS) is 14.9. The van der Waals surface area contributed by atoms with Crippen molar-refractivity contribution >= 4 is 23.7 Å². The maximum Gasteiger partial charge on any atom is 0.326 e. The molecule has 7 N–H and O–H groups in total. The maximum absolute atomic E-state index is 13.4. The van der Waals surface area contributed by atoms with E-state index in [1.54, 1.807) is 57.2 Å². The van der Waals surface area contributed by atoms with Crippen LogP contribution in [0.15, 0.2) is 54.6 Å². The molecule has 212 valence electrons. The molecule has 0 aliphatic carbocycles. The maximum atomic E-state index is 13.4. The number of hydrogen-bond donors (Lipinski definition) is 6. The van der Waals surface area contributed by atoms with E-state index >= 15 is 0 Å². The smallest absolute Gasteiger partial charge is 0.326 e. The predicted octanol–water partition coefficient (Wildman–Crippen LogP) is 1.75. The van der Waals surface area contributed by atoms with Crippen LogP contribution in [0, 0.1) is 11.8 Å². The van der Waals surface area contributed by atoms with Crippen molar-refractivity contribution < 1.29 is 29.4 Å². The zero-order chi connectivity index (χ0) is 29.1. The quantitative estimate of drug-likeness (QED) is 0.212. The minimum atomic E-state index is -1.23. The van der Waals surface area contributed by atoms with Crippen LogP contribution in [0.1, 0.15) is 45.2 Å². The molecule has 0 aromatic heterocycles. The Balaban J connectivity index is 2.29. The number of nitrogens with one attached hydrogen (secondary N) is 3. The molecular weight excluding hydrogens is 500 g/mol. The number of aromatic hydroxyl groups is 1. The number of carboxylic acids is 1. The summed E-state index contributed by atoms with van der Waals surface area (Å²) in [6.07, 6.45) is 0.658. The first kappa shape index (κ1) is 31.3. The van der Waals surface area contributed by atoms with Crippen LogP contribution in [0.2, 0.25) is 0 Å². The Morgan fingerprint density at radius 3 is 1.85 bits per heavy atom. The van der Waals surface area contributed by atoms with E-state index in [2.05, 4.69) is 16.0 Å². The zero-order valence-electron chi connectivity index (χ0n) is 22.9. The standard InChI is InChI=1S/C29H40N4O6/c1-5-18(4)25(33-27(36)24(30)17(2)3)28(37)31-22(15-20-11-13-21(34)14-12-20)26(35)32-23(29(38)39)16-19-9-7-6-8-10-19/h6-14,17-18,22-25,34H,5,15-16,30H2,1-4H3,(H,31,37)(H,32,35)(H,33,36)(H,38,39). The first-order valence-electron chi connectivity index (χ1n) is 13.1. The molecule has 0 radical (unpaired) electrons. The van der Waals surface area contributed by atoms with Crippen LogP contribution in [-0.4, -0.2) is 58.1 Å². The fraction of sp³-hybridized carbons (Fsp3) is 0.448. The number of phenols is 1. The van der Waals surface area contributed by atoms with Gasteiger partial charge in [0, 0.05) is 12.8 Å². The molecule has 0 saturated heterocycles. The summed E-state index contributed by atoms with van der Waals surface area (Å²) in [4.78, 5) is 51.5. The Bertz CT molecular complexity index is 1110. The molecule has 5 unspecified atom stereocenters. The van der Waals surface area contributed by atoms with Crippen LogP contribution < -0.4 is 21.7 Å². The van der Waals surface area contributed by atoms with Crippen LogP contribution in [-0.2, 0) is 32.0 Å². The largest absolute Gasteiger partial charge is 0.508 e. The Kier molecular flexibility index (Phi) is 11.9. The summed E-state index contributed by atoms with van der Waals surface area (Å²) in [7, 11) is 0. The Labute approximate surface area is 229 Å². The fourth-order valence-electron chi connectivity index (χ4n) is 3.91. The molecule has 0 saturated carbocycles. The van der Waals surface area contributed by atoms with Crippen molar-refractivity contribution in [3.05, 3.63) is 65.7 Å². The van der Waals surface area contributed by atoms with Crippen LogP contribution in [0.3, 0.4) is 0 Å². The number of carboxylic acid groups (broad SMARTS) is 1. The molecule has 10 heteroatoms. The highest BCUT2D eigenvalue weighted by Gasteiger charge is 2.33. The van der Waals surface area contributed by atoms with Crippen LogP contribution >= 0.6 is 0 Å². The highest BCUT2D eigenvalue weighted by molar-refractivity contribution is 5.94. The molecule has 0 bridgehead atoms. The van der Waals surface area contributed by atoms with Gasteiger partial charge >= 0.3 is 5.97 Å². The van der Waals surface area contributed by atoms with Gasteiger partial charge in [-0.25, -0.2) is 4.79 Å². The predicted molar refractivity (Wildman–Crippen MR) is 148 cm³/mol. The summed E-state index contributed by atoms with van der Waals surface area (Å²) in [5, 5.41) is 27.4. The summed E-state index contributed by atoms with van der Waals surface area (Å²) in [6.45, 7) is 7.28. The van der Waals surface area contributed by atoms with Crippen molar-refractivity contribution in [1.29, 1.82) is 0 Å². The molecule has 2 rings (SSSR count). The van der Waals surface area contributed by atoms with Crippen LogP contribution in [0.4, 0.5) is 0 Å². The van der Waals surface area contributed by atoms with E-state index in [-0.39, 0.29) is 30.4 Å². The number of hydrogen-bond acceptors (Lipinski definition) is 6. The third-order valence-electron chi connectivity index (χ3n) is 6.72. The van der Waals surface area contributed by atoms with Crippen LogP contribution in [0.5, 0.6) is 5.75 Å². The van der Waals surface area contributed by atoms with Gasteiger partial charge in [0.15, 0.2) is 0 Å². The van der Waals surface area contributed by atoms with Gasteiger partial charge in [0.25, 0.3) is 0 Å². The molecule has 2 aromatic carbocycles. The summed E-state index contributed by atoms with van der Waals surface area (Å²) in [5.41, 5.74) is 7.34. The van der Waals surface area contributed by atoms with Gasteiger partial charge in [-0.15, -0.1) is 0 Å². The number of rotatable bonds is 14. The monoisotopic (exact) mass is 540 g/mol. The summed E-state index contributed by atoms with van der Waals surface area (Å²) < 4.78 is 0. The van der Waals surface area contributed by atoms with Gasteiger partial charge in [-0.3, -0.25) is 14.4 Å². The Morgan fingerprint density at radius 2 is 1.31 bits per heavy atom. The lowest BCUT2D eigenvalue weighted by atomic mass is 9.95. The minimum absolute atomic E-state index is 0.0300. The number of amides is 3. The van der Waals surface area contributed by atoms with Gasteiger partial charge < -0.3 is 31.9 Å². The van der Waals surface area contributed by atoms with Gasteiger partial charge in [0.1, 0.15) is 23.9 Å². The molecule has 0 heterocycles. The molecule has 39 heavy (non-hydrogen) atoms. The van der Waals surface area contributed by atoms with Gasteiger partial charge in [-0.1, -0.05) is 76.6 Å². The second-order valence-corrected chi connectivity index (χ2v) is 10.2. The number of carbonyl (C=O) groups excluding carboxylic acids is 3. The second-order valence-electron chi connectivity index (χ2n) is 10.2. The van der Waals surface area contributed by atoms with Crippen molar-refractivity contribution in [2.75, 3.05) is 0 Å². The van der Waals surface area contributed by atoms with Gasteiger partial charge in [-0.05, 0) is 35.1 Å². The highest BCUT2D eigenvalue weighted by Crippen LogP contribution is 2.14. The van der Waals surface area contributed by atoms with Crippen molar-refractivity contribution in [2.24, 2.45) is 17.6 Å². The fourth-order valence-corrected chi connectivity index (χ4v) is 3.91. The molecule has 0 spiro atoms. The average Bonchev–Trinajstić information content (AvgIpc) is 2.91. The molecule has 0 aliphatic rings. The second kappa shape index (κ2) is 14.9.